The van der Waals surface area contributed by atoms with Crippen LogP contribution in [0.25, 0.3) is 11.3 Å². The molecule has 3 N–H and O–H groups in total. The molecule has 3 rings (SSSR count). The number of benzene rings is 2. The fourth-order valence-electron chi connectivity index (χ4n) is 3.18. The zero-order chi connectivity index (χ0) is 23.1. The SMILES string of the molecule is Cc1cccc(-c2cnc([C@H](CCCNC(=N)CF)NC(=O)c3c(F)cccc3F)o2)c1. The van der Waals surface area contributed by atoms with E-state index < -0.39 is 35.8 Å². The third kappa shape index (κ3) is 5.75. The molecule has 6 nitrogen and oxygen atoms in total. The maximum Gasteiger partial charge on any atom is 0.257 e. The lowest BCUT2D eigenvalue weighted by atomic mass is 10.1. The Morgan fingerprint density at radius 3 is 2.59 bits per heavy atom. The van der Waals surface area contributed by atoms with Gasteiger partial charge in [-0.15, -0.1) is 0 Å². The van der Waals surface area contributed by atoms with Crippen LogP contribution in [0.1, 0.15) is 40.7 Å². The van der Waals surface area contributed by atoms with Crippen molar-refractivity contribution in [1.82, 2.24) is 15.6 Å². The van der Waals surface area contributed by atoms with Crippen LogP contribution in [0.15, 0.2) is 53.1 Å². The Hall–Kier alpha value is -3.62. The van der Waals surface area contributed by atoms with Crippen LogP contribution < -0.4 is 10.6 Å². The van der Waals surface area contributed by atoms with Crippen molar-refractivity contribution in [3.8, 4) is 11.3 Å². The number of halogens is 3. The minimum atomic E-state index is -0.979. The number of amides is 1. The van der Waals surface area contributed by atoms with Gasteiger partial charge in [-0.1, -0.05) is 29.8 Å². The highest BCUT2D eigenvalue weighted by molar-refractivity contribution is 5.95. The molecule has 0 radical (unpaired) electrons. The molecule has 0 fully saturated rings. The highest BCUT2D eigenvalue weighted by Gasteiger charge is 2.24. The Morgan fingerprint density at radius 1 is 1.19 bits per heavy atom. The molecule has 1 atom stereocenters. The molecule has 0 saturated heterocycles. The van der Waals surface area contributed by atoms with Gasteiger partial charge in [-0.3, -0.25) is 10.2 Å². The summed E-state index contributed by atoms with van der Waals surface area (Å²) in [6.07, 6.45) is 2.21. The highest BCUT2D eigenvalue weighted by Crippen LogP contribution is 2.26. The molecular formula is C23H23F3N4O2. The maximum atomic E-state index is 14.0. The first-order valence-corrected chi connectivity index (χ1v) is 10.0. The van der Waals surface area contributed by atoms with Crippen molar-refractivity contribution < 1.29 is 22.4 Å². The third-order valence-electron chi connectivity index (χ3n) is 4.76. The molecule has 3 aromatic rings. The molecule has 2 aromatic carbocycles. The van der Waals surface area contributed by atoms with Crippen LogP contribution in [0.5, 0.6) is 0 Å². The summed E-state index contributed by atoms with van der Waals surface area (Å²) in [5, 5.41) is 12.5. The summed E-state index contributed by atoms with van der Waals surface area (Å²) in [4.78, 5) is 16.9. The van der Waals surface area contributed by atoms with E-state index in [1.165, 1.54) is 12.3 Å². The van der Waals surface area contributed by atoms with Gasteiger partial charge in [-0.25, -0.2) is 18.2 Å². The van der Waals surface area contributed by atoms with Gasteiger partial charge in [-0.05, 0) is 38.0 Å². The van der Waals surface area contributed by atoms with Crippen molar-refractivity contribution in [3.63, 3.8) is 0 Å². The number of aromatic nitrogens is 1. The summed E-state index contributed by atoms with van der Waals surface area (Å²) >= 11 is 0. The monoisotopic (exact) mass is 444 g/mol. The van der Waals surface area contributed by atoms with E-state index in [1.54, 1.807) is 0 Å². The average Bonchev–Trinajstić information content (AvgIpc) is 3.26. The Labute approximate surface area is 183 Å². The minimum Gasteiger partial charge on any atom is -0.438 e. The second-order valence-electron chi connectivity index (χ2n) is 7.24. The van der Waals surface area contributed by atoms with E-state index in [9.17, 15) is 18.0 Å². The minimum absolute atomic E-state index is 0.173. The molecule has 0 bridgehead atoms. The molecular weight excluding hydrogens is 421 g/mol. The Bertz CT molecular complexity index is 1080. The van der Waals surface area contributed by atoms with Gasteiger partial charge >= 0.3 is 0 Å². The van der Waals surface area contributed by atoms with E-state index in [1.807, 2.05) is 31.2 Å². The molecule has 0 spiro atoms. The Balaban J connectivity index is 1.81. The number of nitrogens with zero attached hydrogens (tertiary/aromatic N) is 1. The predicted molar refractivity (Wildman–Crippen MR) is 114 cm³/mol. The first-order valence-electron chi connectivity index (χ1n) is 10.0. The standard InChI is InChI=1S/C23H23F3N4O2/c1-14-5-2-6-15(11-14)19-13-29-23(32-19)18(9-4-10-28-20(27)12-24)30-22(31)21-16(25)7-3-8-17(21)26/h2-3,5-8,11,13,18H,4,9-10,12H2,1H3,(H2,27,28)(H,30,31)/t18-/m0/s1. The van der Waals surface area contributed by atoms with Gasteiger partial charge in [0.2, 0.25) is 5.89 Å². The first-order chi connectivity index (χ1) is 15.4. The number of oxazole rings is 1. The summed E-state index contributed by atoms with van der Waals surface area (Å²) in [5.41, 5.74) is 1.13. The van der Waals surface area contributed by atoms with Crippen molar-refractivity contribution in [1.29, 1.82) is 5.41 Å². The first kappa shape index (κ1) is 23.1. The number of rotatable bonds is 9. The molecule has 9 heteroatoms. The summed E-state index contributed by atoms with van der Waals surface area (Å²) < 4.78 is 46.4. The summed E-state index contributed by atoms with van der Waals surface area (Å²) in [7, 11) is 0. The van der Waals surface area contributed by atoms with Crippen LogP contribution in [0.4, 0.5) is 13.2 Å². The lowest BCUT2D eigenvalue weighted by molar-refractivity contribution is 0.0918. The summed E-state index contributed by atoms with van der Waals surface area (Å²) in [5.74, 6) is -2.49. The molecule has 1 amide bonds. The Kier molecular flexibility index (Phi) is 7.64. The van der Waals surface area contributed by atoms with Gasteiger partial charge < -0.3 is 15.1 Å². The third-order valence-corrected chi connectivity index (χ3v) is 4.76. The number of alkyl halides is 1. The van der Waals surface area contributed by atoms with Crippen molar-refractivity contribution >= 4 is 11.7 Å². The van der Waals surface area contributed by atoms with Gasteiger partial charge in [0.25, 0.3) is 5.91 Å². The second kappa shape index (κ2) is 10.6. The van der Waals surface area contributed by atoms with E-state index in [-0.39, 0.29) is 24.7 Å². The second-order valence-corrected chi connectivity index (χ2v) is 7.24. The summed E-state index contributed by atoms with van der Waals surface area (Å²) in [6.45, 7) is 1.30. The number of carbonyl (C=O) groups is 1. The number of hydrogen-bond donors (Lipinski definition) is 3. The highest BCUT2D eigenvalue weighted by atomic mass is 19.1. The predicted octanol–water partition coefficient (Wildman–Crippen LogP) is 4.72. The molecule has 0 saturated carbocycles. The van der Waals surface area contributed by atoms with Crippen molar-refractivity contribution in [2.75, 3.05) is 13.2 Å². The van der Waals surface area contributed by atoms with E-state index in [0.717, 1.165) is 23.3 Å². The number of aryl methyl sites for hydroxylation is 1. The zero-order valence-electron chi connectivity index (χ0n) is 17.4. The van der Waals surface area contributed by atoms with E-state index in [2.05, 4.69) is 15.6 Å². The van der Waals surface area contributed by atoms with E-state index in [4.69, 9.17) is 9.83 Å². The van der Waals surface area contributed by atoms with Crippen molar-refractivity contribution in [2.45, 2.75) is 25.8 Å². The Morgan fingerprint density at radius 2 is 1.91 bits per heavy atom. The van der Waals surface area contributed by atoms with E-state index >= 15 is 0 Å². The van der Waals surface area contributed by atoms with Gasteiger partial charge in [0.05, 0.1) is 6.20 Å². The zero-order valence-corrected chi connectivity index (χ0v) is 17.4. The largest absolute Gasteiger partial charge is 0.438 e. The molecule has 1 aromatic heterocycles. The quantitative estimate of drug-likeness (QED) is 0.253. The van der Waals surface area contributed by atoms with Crippen LogP contribution in [-0.2, 0) is 0 Å². The normalized spacial score (nSPS) is 11.8. The van der Waals surface area contributed by atoms with Crippen LogP contribution in [0, 0.1) is 24.0 Å². The lowest BCUT2D eigenvalue weighted by Crippen LogP contribution is -2.31. The van der Waals surface area contributed by atoms with Gasteiger partial charge in [0.15, 0.2) is 5.76 Å². The lowest BCUT2D eigenvalue weighted by Gasteiger charge is -2.17. The smallest absolute Gasteiger partial charge is 0.257 e. The maximum absolute atomic E-state index is 14.0. The van der Waals surface area contributed by atoms with Gasteiger partial charge in [-0.2, -0.15) is 0 Å². The molecule has 0 aliphatic carbocycles. The molecule has 32 heavy (non-hydrogen) atoms. The number of carbonyl (C=O) groups excluding carboxylic acids is 1. The molecule has 1 heterocycles. The van der Waals surface area contributed by atoms with Gasteiger partial charge in [0, 0.05) is 12.1 Å². The van der Waals surface area contributed by atoms with Crippen LogP contribution >= 0.6 is 0 Å². The number of amidine groups is 1. The molecule has 0 unspecified atom stereocenters. The fraction of sp³-hybridized carbons (Fsp3) is 0.261. The molecule has 0 aliphatic heterocycles. The summed E-state index contributed by atoms with van der Waals surface area (Å²) in [6, 6.07) is 9.97. The number of hydrogen-bond acceptors (Lipinski definition) is 4. The average molecular weight is 444 g/mol. The van der Waals surface area contributed by atoms with Gasteiger partial charge in [0.1, 0.15) is 35.7 Å². The number of nitrogens with one attached hydrogen (secondary N) is 3. The van der Waals surface area contributed by atoms with Crippen molar-refractivity contribution in [3.05, 3.63) is 77.3 Å². The fourth-order valence-corrected chi connectivity index (χ4v) is 3.18. The van der Waals surface area contributed by atoms with Crippen LogP contribution in [0.3, 0.4) is 0 Å². The molecule has 0 aliphatic rings. The van der Waals surface area contributed by atoms with Crippen LogP contribution in [0.2, 0.25) is 0 Å². The van der Waals surface area contributed by atoms with Crippen LogP contribution in [-0.4, -0.2) is 29.9 Å². The molecule has 168 valence electrons. The van der Waals surface area contributed by atoms with E-state index in [0.29, 0.717) is 12.2 Å². The topological polar surface area (TPSA) is 91.0 Å². The van der Waals surface area contributed by atoms with Crippen molar-refractivity contribution in [2.24, 2.45) is 0 Å².